The molecule has 0 unspecified atom stereocenters. The van der Waals surface area contributed by atoms with Crippen LogP contribution in [0, 0.1) is 6.92 Å². The number of phenols is 1. The molecule has 0 saturated heterocycles. The Labute approximate surface area is 423 Å². The number of aromatic nitrogens is 3. The molecule has 0 fully saturated rings. The average Bonchev–Trinajstić information content (AvgIpc) is 1.17. The van der Waals surface area contributed by atoms with Crippen LogP contribution in [0.1, 0.15) is 133 Å². The van der Waals surface area contributed by atoms with Gasteiger partial charge < -0.3 is 5.11 Å². The lowest BCUT2D eigenvalue weighted by Gasteiger charge is -2.28. The second-order valence-electron chi connectivity index (χ2n) is 18.0. The van der Waals surface area contributed by atoms with Crippen molar-refractivity contribution in [2.75, 3.05) is 0 Å². The molecule has 1 N–H and O–H groups in total. The SMILES string of the molecule is [2H]C([2H])([2H])C(c1cc(-c2nc3c(-c4cc(-c5ccccc5)cc(-c5cc(-c6cccc(C)c6)ccn5)c4)cccc3n2-c2c(C(C)C)cc(-c3ccccc3)cc2C(C)C)c(O)c(C(C([2H])([2H])[2H])(C([2H])([2H])[2H])C([2H])([2H])[2H])c1)(C([2H])([2H])[2H])C([2H])([2H])[2H]. The van der Waals surface area contributed by atoms with Crippen molar-refractivity contribution in [3.8, 4) is 78.6 Å². The second-order valence-corrected chi connectivity index (χ2v) is 18.0. The molecule has 7 aromatic carbocycles. The van der Waals surface area contributed by atoms with Crippen molar-refractivity contribution in [1.82, 2.24) is 14.5 Å². The topological polar surface area (TPSA) is 50.9 Å². The highest BCUT2D eigenvalue weighted by atomic mass is 16.3. The summed E-state index contributed by atoms with van der Waals surface area (Å²) in [5.41, 5.74) is -0.647. The summed E-state index contributed by atoms with van der Waals surface area (Å²) in [6.07, 6.45) is 1.73. The minimum absolute atomic E-state index is 0.195. The number of benzene rings is 7. The van der Waals surface area contributed by atoms with Crippen molar-refractivity contribution in [3.63, 3.8) is 0 Å². The van der Waals surface area contributed by atoms with Gasteiger partial charge in [-0.05, 0) is 140 Å². The molecule has 336 valence electrons. The summed E-state index contributed by atoms with van der Waals surface area (Å²) in [6, 6.07) is 47.4. The largest absolute Gasteiger partial charge is 0.507 e. The molecule has 0 amide bonds. The maximum Gasteiger partial charge on any atom is 0.149 e. The van der Waals surface area contributed by atoms with Gasteiger partial charge in [0.25, 0.3) is 0 Å². The quantitative estimate of drug-likeness (QED) is 0.157. The van der Waals surface area contributed by atoms with Crippen LogP contribution in [-0.4, -0.2) is 19.6 Å². The third-order valence-electron chi connectivity index (χ3n) is 12.4. The molecule has 0 spiro atoms. The van der Waals surface area contributed by atoms with Crippen LogP contribution in [0.4, 0.5) is 0 Å². The molecule has 9 rings (SSSR count). The van der Waals surface area contributed by atoms with Gasteiger partial charge in [-0.2, -0.15) is 0 Å². The number of rotatable bonds is 9. The van der Waals surface area contributed by atoms with Crippen LogP contribution in [0.3, 0.4) is 0 Å². The fraction of sp³-hybridized carbons (Fsp3) is 0.238. The Kier molecular flexibility index (Phi) is 7.43. The van der Waals surface area contributed by atoms with Crippen molar-refractivity contribution < 1.29 is 29.8 Å². The van der Waals surface area contributed by atoms with E-state index in [1.54, 1.807) is 29.0 Å². The predicted octanol–water partition coefficient (Wildman–Crippen LogP) is 17.3. The molecule has 0 radical (unpaired) electrons. The van der Waals surface area contributed by atoms with Crippen molar-refractivity contribution in [3.05, 3.63) is 192 Å². The lowest BCUT2D eigenvalue weighted by Crippen LogP contribution is -2.17. The number of nitrogens with zero attached hydrogens (tertiary/aromatic N) is 3. The smallest absolute Gasteiger partial charge is 0.149 e. The highest BCUT2D eigenvalue weighted by Gasteiger charge is 2.31. The molecule has 9 aromatic rings. The van der Waals surface area contributed by atoms with E-state index in [2.05, 4.69) is 6.07 Å². The van der Waals surface area contributed by atoms with Gasteiger partial charge in [-0.1, -0.05) is 177 Å². The number of para-hydroxylation sites is 1. The maximum absolute atomic E-state index is 13.2. The summed E-state index contributed by atoms with van der Waals surface area (Å²) in [7, 11) is 0. The van der Waals surface area contributed by atoms with Crippen LogP contribution in [-0.2, 0) is 10.8 Å². The van der Waals surface area contributed by atoms with Crippen molar-refractivity contribution in [1.29, 1.82) is 0 Å². The molecular formula is C63H63N3O. The summed E-state index contributed by atoms with van der Waals surface area (Å²) in [5, 5.41) is 13.2. The summed E-state index contributed by atoms with van der Waals surface area (Å²) in [6.45, 7) is -14.7. The van der Waals surface area contributed by atoms with E-state index in [0.29, 0.717) is 50.8 Å². The number of aryl methyl sites for hydroxylation is 1. The number of phenolic OH excluding ortho intramolecular Hbond substituents is 1. The fourth-order valence-corrected chi connectivity index (χ4v) is 8.98. The molecule has 2 aromatic heterocycles. The molecule has 0 saturated carbocycles. The molecule has 4 nitrogen and oxygen atoms in total. The van der Waals surface area contributed by atoms with E-state index in [1.165, 1.54) is 0 Å². The number of fused-ring (bicyclic) bond motifs is 1. The normalized spacial score (nSPS) is 17.2. The molecule has 2 heterocycles. The average molecular weight is 896 g/mol. The van der Waals surface area contributed by atoms with Crippen LogP contribution in [0.2, 0.25) is 0 Å². The molecule has 0 bridgehead atoms. The van der Waals surface area contributed by atoms with E-state index in [4.69, 9.17) is 34.6 Å². The van der Waals surface area contributed by atoms with E-state index in [9.17, 15) is 5.11 Å². The van der Waals surface area contributed by atoms with Crippen LogP contribution in [0.15, 0.2) is 164 Å². The molecular weight excluding hydrogens is 815 g/mol. The van der Waals surface area contributed by atoms with Gasteiger partial charge in [-0.25, -0.2) is 4.98 Å². The molecule has 4 heteroatoms. The summed E-state index contributed by atoms with van der Waals surface area (Å²) in [5.74, 6) is -2.36. The lowest BCUT2D eigenvalue weighted by atomic mass is 9.78. The number of hydrogen-bond donors (Lipinski definition) is 1. The Morgan fingerprint density at radius 2 is 1.10 bits per heavy atom. The monoisotopic (exact) mass is 896 g/mol. The van der Waals surface area contributed by atoms with E-state index >= 15 is 0 Å². The minimum atomic E-state index is -4.14. The Morgan fingerprint density at radius 1 is 0.522 bits per heavy atom. The van der Waals surface area contributed by atoms with Crippen molar-refractivity contribution >= 4 is 11.0 Å². The van der Waals surface area contributed by atoms with E-state index in [0.717, 1.165) is 45.0 Å². The summed E-state index contributed by atoms with van der Waals surface area (Å²) >= 11 is 0. The van der Waals surface area contributed by atoms with Gasteiger partial charge in [0.15, 0.2) is 0 Å². The number of imidazole rings is 1. The standard InChI is InChI=1S/C63H63N3O/c1-39(2)52-34-47(43-23-16-13-17-24-43)35-53(40(3)4)59(52)66-57-27-19-26-51(58(57)65-61(66)54-37-50(62(6,7)8)38-55(60(54)67)63(9,10)11)48-31-46(42-21-14-12-15-22-42)32-49(33-48)56-36-45(28-29-64-56)44-25-18-20-41(5)30-44/h12-40,67H,1-11H3/i6D3,7D3,8D3,9D3,10D3,11D3. The number of aromatic hydroxyl groups is 1. The first-order valence-electron chi connectivity index (χ1n) is 31.3. The van der Waals surface area contributed by atoms with Gasteiger partial charge in [-0.3, -0.25) is 9.55 Å². The van der Waals surface area contributed by atoms with Gasteiger partial charge in [0.2, 0.25) is 0 Å². The first-order valence-corrected chi connectivity index (χ1v) is 22.3. The highest BCUT2D eigenvalue weighted by Crippen LogP contribution is 2.47. The Hall–Kier alpha value is -7.04. The zero-order valence-corrected chi connectivity index (χ0v) is 38.0. The van der Waals surface area contributed by atoms with Crippen molar-refractivity contribution in [2.24, 2.45) is 0 Å². The first kappa shape index (κ1) is 28.2. The second kappa shape index (κ2) is 17.6. The van der Waals surface area contributed by atoms with Gasteiger partial charge >= 0.3 is 0 Å². The third-order valence-corrected chi connectivity index (χ3v) is 12.4. The van der Waals surface area contributed by atoms with Gasteiger partial charge in [-0.15, -0.1) is 0 Å². The Balaban J connectivity index is 1.52. The van der Waals surface area contributed by atoms with Crippen LogP contribution in [0.5, 0.6) is 5.75 Å². The predicted molar refractivity (Wildman–Crippen MR) is 283 cm³/mol. The van der Waals surface area contributed by atoms with Gasteiger partial charge in [0.1, 0.15) is 11.6 Å². The van der Waals surface area contributed by atoms with Gasteiger partial charge in [0, 0.05) is 47.6 Å². The zero-order valence-electron chi connectivity index (χ0n) is 56.0. The molecule has 0 atom stereocenters. The summed E-state index contributed by atoms with van der Waals surface area (Å²) < 4.78 is 161. The van der Waals surface area contributed by atoms with Crippen LogP contribution in [0.25, 0.3) is 83.9 Å². The zero-order chi connectivity index (χ0) is 62.4. The fourth-order valence-electron chi connectivity index (χ4n) is 8.98. The number of pyridine rings is 1. The lowest BCUT2D eigenvalue weighted by molar-refractivity contribution is 0.446. The van der Waals surface area contributed by atoms with E-state index < -0.39 is 74.4 Å². The summed E-state index contributed by atoms with van der Waals surface area (Å²) in [4.78, 5) is 10.2. The first-order chi connectivity index (χ1) is 39.5. The molecule has 0 aliphatic heterocycles. The Morgan fingerprint density at radius 3 is 1.73 bits per heavy atom. The minimum Gasteiger partial charge on any atom is -0.507 e. The molecule has 67 heavy (non-hydrogen) atoms. The van der Waals surface area contributed by atoms with Crippen LogP contribution < -0.4 is 0 Å². The number of hydrogen-bond acceptors (Lipinski definition) is 3. The molecule has 0 aliphatic rings. The highest BCUT2D eigenvalue weighted by molar-refractivity contribution is 5.98. The van der Waals surface area contributed by atoms with Gasteiger partial charge in [0.05, 0.1) is 28.0 Å². The third kappa shape index (κ3) is 8.86. The molecule has 0 aliphatic carbocycles. The van der Waals surface area contributed by atoms with E-state index in [-0.39, 0.29) is 23.2 Å². The van der Waals surface area contributed by atoms with Crippen molar-refractivity contribution in [2.45, 2.75) is 98.4 Å². The van der Waals surface area contributed by atoms with Crippen LogP contribution >= 0.6 is 0 Å². The Bertz CT molecular complexity index is 3860. The maximum atomic E-state index is 13.2. The van der Waals surface area contributed by atoms with E-state index in [1.807, 2.05) is 156 Å².